The summed E-state index contributed by atoms with van der Waals surface area (Å²) in [6.45, 7) is 3.28. The average Bonchev–Trinajstić information content (AvgIpc) is 2.90. The Morgan fingerprint density at radius 3 is 2.58 bits per heavy atom. The number of benzene rings is 1. The van der Waals surface area contributed by atoms with Crippen LogP contribution in [0.2, 0.25) is 5.02 Å². The van der Waals surface area contributed by atoms with Gasteiger partial charge in [0.2, 0.25) is 0 Å². The summed E-state index contributed by atoms with van der Waals surface area (Å²) in [5.41, 5.74) is 6.59. The zero-order valence-electron chi connectivity index (χ0n) is 12.8. The Balaban J connectivity index is 2.05. The van der Waals surface area contributed by atoms with Crippen LogP contribution >= 0.6 is 11.6 Å². The lowest BCUT2D eigenvalue weighted by Gasteiger charge is -2.08. The standard InChI is InChI=1S/C14H14ClN5O4/c1-8-12(15)7-19(17-8)9(2)14(21)24-18-13(16)10-3-5-11(6-4-10)20(22)23/h3-7,9H,1-2H3,(H2,16,18). The molecule has 0 fully saturated rings. The lowest BCUT2D eigenvalue weighted by Crippen LogP contribution is -2.20. The monoisotopic (exact) mass is 351 g/mol. The van der Waals surface area contributed by atoms with Crippen LogP contribution < -0.4 is 5.73 Å². The summed E-state index contributed by atoms with van der Waals surface area (Å²) in [6, 6.07) is 4.62. The van der Waals surface area contributed by atoms with Gasteiger partial charge in [-0.3, -0.25) is 14.8 Å². The van der Waals surface area contributed by atoms with E-state index in [-0.39, 0.29) is 11.5 Å². The van der Waals surface area contributed by atoms with Gasteiger partial charge in [-0.05, 0) is 26.0 Å². The Bertz CT molecular complexity index is 780. The van der Waals surface area contributed by atoms with Gasteiger partial charge in [-0.15, -0.1) is 0 Å². The molecule has 24 heavy (non-hydrogen) atoms. The molecule has 0 amide bonds. The SMILES string of the molecule is Cc1nn(C(C)C(=O)O/N=C(\N)c2ccc([N+](=O)[O-])cc2)cc1Cl. The topological polar surface area (TPSA) is 126 Å². The first-order valence-electron chi connectivity index (χ1n) is 6.80. The molecule has 1 aromatic carbocycles. The second-order valence-corrected chi connectivity index (χ2v) is 5.32. The first-order chi connectivity index (χ1) is 11.3. The lowest BCUT2D eigenvalue weighted by atomic mass is 10.2. The number of rotatable bonds is 5. The molecule has 0 saturated heterocycles. The smallest absolute Gasteiger partial charge is 0.359 e. The molecule has 126 valence electrons. The van der Waals surface area contributed by atoms with E-state index in [1.165, 1.54) is 35.1 Å². The largest absolute Gasteiger partial charge is 0.380 e. The molecule has 2 aromatic rings. The number of nitro groups is 1. The molecule has 1 atom stereocenters. The predicted octanol–water partition coefficient (Wildman–Crippen LogP) is 2.18. The van der Waals surface area contributed by atoms with Crippen molar-refractivity contribution in [1.29, 1.82) is 0 Å². The van der Waals surface area contributed by atoms with E-state index < -0.39 is 16.9 Å². The molecular formula is C14H14ClN5O4. The quantitative estimate of drug-likeness (QED) is 0.289. The number of hydrogen-bond acceptors (Lipinski definition) is 6. The molecular weight excluding hydrogens is 338 g/mol. The Morgan fingerprint density at radius 1 is 1.46 bits per heavy atom. The number of halogens is 1. The molecule has 1 unspecified atom stereocenters. The first-order valence-corrected chi connectivity index (χ1v) is 7.17. The van der Waals surface area contributed by atoms with E-state index in [4.69, 9.17) is 22.2 Å². The van der Waals surface area contributed by atoms with Crippen LogP contribution in [0.3, 0.4) is 0 Å². The zero-order valence-corrected chi connectivity index (χ0v) is 13.6. The van der Waals surface area contributed by atoms with Crippen molar-refractivity contribution in [3.63, 3.8) is 0 Å². The van der Waals surface area contributed by atoms with E-state index in [9.17, 15) is 14.9 Å². The number of nitro benzene ring substituents is 1. The molecule has 2 N–H and O–H groups in total. The third-order valence-corrected chi connectivity index (χ3v) is 3.57. The van der Waals surface area contributed by atoms with Gasteiger partial charge in [-0.25, -0.2) is 4.79 Å². The summed E-state index contributed by atoms with van der Waals surface area (Å²) in [4.78, 5) is 26.8. The van der Waals surface area contributed by atoms with Gasteiger partial charge >= 0.3 is 5.97 Å². The van der Waals surface area contributed by atoms with E-state index in [1.807, 2.05) is 0 Å². The summed E-state index contributed by atoms with van der Waals surface area (Å²) in [7, 11) is 0. The molecule has 0 radical (unpaired) electrons. The minimum absolute atomic E-state index is 0.0805. The van der Waals surface area contributed by atoms with Crippen LogP contribution in [0.5, 0.6) is 0 Å². The molecule has 2 rings (SSSR count). The number of nitrogens with two attached hydrogens (primary N) is 1. The highest BCUT2D eigenvalue weighted by Gasteiger charge is 2.19. The molecule has 0 aliphatic heterocycles. The summed E-state index contributed by atoms with van der Waals surface area (Å²) in [5.74, 6) is -0.765. The van der Waals surface area contributed by atoms with Gasteiger partial charge < -0.3 is 10.6 Å². The molecule has 0 aliphatic carbocycles. The van der Waals surface area contributed by atoms with Crippen LogP contribution in [0, 0.1) is 17.0 Å². The summed E-state index contributed by atoms with van der Waals surface area (Å²) in [6.07, 6.45) is 1.51. The van der Waals surface area contributed by atoms with Crippen molar-refractivity contribution < 1.29 is 14.6 Å². The highest BCUT2D eigenvalue weighted by molar-refractivity contribution is 6.31. The van der Waals surface area contributed by atoms with Crippen LogP contribution in [0.4, 0.5) is 5.69 Å². The minimum Gasteiger partial charge on any atom is -0.380 e. The normalized spacial score (nSPS) is 12.7. The molecule has 1 aromatic heterocycles. The third kappa shape index (κ3) is 3.87. The molecule has 0 saturated carbocycles. The fourth-order valence-electron chi connectivity index (χ4n) is 1.74. The molecule has 9 nitrogen and oxygen atoms in total. The van der Waals surface area contributed by atoms with Crippen LogP contribution in [0.1, 0.15) is 24.2 Å². The van der Waals surface area contributed by atoms with Gasteiger partial charge in [0.25, 0.3) is 5.69 Å². The number of aromatic nitrogens is 2. The van der Waals surface area contributed by atoms with Gasteiger partial charge in [0.05, 0.1) is 15.6 Å². The van der Waals surface area contributed by atoms with E-state index >= 15 is 0 Å². The van der Waals surface area contributed by atoms with E-state index in [1.54, 1.807) is 13.8 Å². The maximum absolute atomic E-state index is 12.0. The zero-order chi connectivity index (χ0) is 17.9. The highest BCUT2D eigenvalue weighted by Crippen LogP contribution is 2.17. The second-order valence-electron chi connectivity index (χ2n) is 4.91. The van der Waals surface area contributed by atoms with Gasteiger partial charge in [0, 0.05) is 23.9 Å². The molecule has 0 aliphatic rings. The van der Waals surface area contributed by atoms with Crippen molar-refractivity contribution in [2.75, 3.05) is 0 Å². The maximum atomic E-state index is 12.0. The lowest BCUT2D eigenvalue weighted by molar-refractivity contribution is -0.384. The summed E-state index contributed by atoms with van der Waals surface area (Å²) >= 11 is 5.89. The van der Waals surface area contributed by atoms with Gasteiger partial charge in [-0.2, -0.15) is 5.10 Å². The van der Waals surface area contributed by atoms with Crippen LogP contribution in [0.25, 0.3) is 0 Å². The molecule has 10 heteroatoms. The minimum atomic E-state index is -0.746. The second kappa shape index (κ2) is 7.09. The van der Waals surface area contributed by atoms with Crippen molar-refractivity contribution in [3.05, 3.63) is 56.9 Å². The Hall–Kier alpha value is -2.94. The molecule has 0 spiro atoms. The number of nitrogens with zero attached hydrogens (tertiary/aromatic N) is 4. The van der Waals surface area contributed by atoms with Crippen LogP contribution in [-0.4, -0.2) is 26.5 Å². The molecule has 0 bridgehead atoms. The van der Waals surface area contributed by atoms with Gasteiger partial charge in [-0.1, -0.05) is 16.8 Å². The predicted molar refractivity (Wildman–Crippen MR) is 86.6 cm³/mol. The van der Waals surface area contributed by atoms with Crippen LogP contribution in [0.15, 0.2) is 35.6 Å². The molecule has 1 heterocycles. The van der Waals surface area contributed by atoms with Crippen molar-refractivity contribution in [2.45, 2.75) is 19.9 Å². The number of oxime groups is 1. The Morgan fingerprint density at radius 2 is 2.08 bits per heavy atom. The van der Waals surface area contributed by atoms with E-state index in [0.29, 0.717) is 16.3 Å². The van der Waals surface area contributed by atoms with Crippen LogP contribution in [-0.2, 0) is 9.63 Å². The highest BCUT2D eigenvalue weighted by atomic mass is 35.5. The van der Waals surface area contributed by atoms with Crippen molar-refractivity contribution >= 4 is 29.1 Å². The van der Waals surface area contributed by atoms with Crippen molar-refractivity contribution in [1.82, 2.24) is 9.78 Å². The van der Waals surface area contributed by atoms with E-state index in [0.717, 1.165) is 0 Å². The van der Waals surface area contributed by atoms with Crippen molar-refractivity contribution in [2.24, 2.45) is 10.9 Å². The Kier molecular flexibility index (Phi) is 5.14. The average molecular weight is 352 g/mol. The number of aryl methyl sites for hydroxylation is 1. The number of carbonyl (C=O) groups is 1. The Labute approximate surface area is 141 Å². The number of non-ortho nitro benzene ring substituents is 1. The van der Waals surface area contributed by atoms with Gasteiger partial charge in [0.15, 0.2) is 5.84 Å². The summed E-state index contributed by atoms with van der Waals surface area (Å²) in [5, 5.41) is 18.7. The third-order valence-electron chi connectivity index (χ3n) is 3.20. The van der Waals surface area contributed by atoms with Gasteiger partial charge in [0.1, 0.15) is 6.04 Å². The first kappa shape index (κ1) is 17.4. The fourth-order valence-corrected chi connectivity index (χ4v) is 1.88. The maximum Gasteiger partial charge on any atom is 0.359 e. The summed E-state index contributed by atoms with van der Waals surface area (Å²) < 4.78 is 1.36. The number of carbonyl (C=O) groups excluding carboxylic acids is 1. The number of amidine groups is 1. The van der Waals surface area contributed by atoms with Crippen molar-refractivity contribution in [3.8, 4) is 0 Å². The fraction of sp³-hybridized carbons (Fsp3) is 0.214. The van der Waals surface area contributed by atoms with E-state index in [2.05, 4.69) is 10.3 Å². The number of hydrogen-bond donors (Lipinski definition) is 1.